The first-order valence-corrected chi connectivity index (χ1v) is 5.62. The summed E-state index contributed by atoms with van der Waals surface area (Å²) in [6.07, 6.45) is 0.562. The van der Waals surface area contributed by atoms with E-state index in [2.05, 4.69) is 0 Å². The maximum absolute atomic E-state index is 11.9. The second kappa shape index (κ2) is 5.75. The quantitative estimate of drug-likeness (QED) is 0.280. The van der Waals surface area contributed by atoms with Crippen LogP contribution < -0.4 is 4.74 Å². The maximum atomic E-state index is 11.9. The lowest BCUT2D eigenvalue weighted by molar-refractivity contribution is -0.384. The molecule has 0 N–H and O–H groups in total. The molecule has 0 bridgehead atoms. The first kappa shape index (κ1) is 13.4. The summed E-state index contributed by atoms with van der Waals surface area (Å²) in [6, 6.07) is 11.3. The van der Waals surface area contributed by atoms with Gasteiger partial charge in [-0.3, -0.25) is 14.9 Å². The zero-order valence-corrected chi connectivity index (χ0v) is 10.2. The van der Waals surface area contributed by atoms with Crippen LogP contribution in [0.3, 0.4) is 0 Å². The minimum absolute atomic E-state index is 0.0990. The Bertz CT molecular complexity index is 664. The van der Waals surface area contributed by atoms with E-state index in [0.717, 1.165) is 0 Å². The Labute approximate surface area is 113 Å². The van der Waals surface area contributed by atoms with Gasteiger partial charge in [-0.25, -0.2) is 4.79 Å². The molecule has 0 fully saturated rings. The van der Waals surface area contributed by atoms with Crippen LogP contribution in [0.2, 0.25) is 0 Å². The van der Waals surface area contributed by atoms with Gasteiger partial charge >= 0.3 is 5.97 Å². The highest BCUT2D eigenvalue weighted by atomic mass is 16.6. The number of aldehydes is 1. The Balaban J connectivity index is 2.19. The van der Waals surface area contributed by atoms with E-state index in [1.54, 1.807) is 12.1 Å². The van der Waals surface area contributed by atoms with Crippen LogP contribution in [-0.2, 0) is 0 Å². The second-order valence-corrected chi connectivity index (χ2v) is 3.85. The number of nitro groups is 1. The van der Waals surface area contributed by atoms with Crippen LogP contribution in [0.4, 0.5) is 5.69 Å². The normalized spacial score (nSPS) is 9.80. The Kier molecular flexibility index (Phi) is 3.85. The van der Waals surface area contributed by atoms with Crippen molar-refractivity contribution in [3.05, 3.63) is 69.8 Å². The van der Waals surface area contributed by atoms with E-state index in [-0.39, 0.29) is 22.6 Å². The number of rotatable bonds is 4. The second-order valence-electron chi connectivity index (χ2n) is 3.85. The molecule has 0 saturated carbocycles. The number of hydrogen-bond acceptors (Lipinski definition) is 5. The van der Waals surface area contributed by atoms with Gasteiger partial charge in [-0.1, -0.05) is 18.2 Å². The summed E-state index contributed by atoms with van der Waals surface area (Å²) in [5.41, 5.74) is 0.262. The summed E-state index contributed by atoms with van der Waals surface area (Å²) in [5, 5.41) is 10.5. The van der Waals surface area contributed by atoms with Gasteiger partial charge in [0.05, 0.1) is 10.5 Å². The van der Waals surface area contributed by atoms with Gasteiger partial charge in [-0.05, 0) is 18.2 Å². The van der Waals surface area contributed by atoms with Crippen LogP contribution in [0.5, 0.6) is 5.75 Å². The van der Waals surface area contributed by atoms with Gasteiger partial charge in [0.1, 0.15) is 5.75 Å². The molecular formula is C14H9NO5. The lowest BCUT2D eigenvalue weighted by atomic mass is 10.1. The summed E-state index contributed by atoms with van der Waals surface area (Å²) in [7, 11) is 0. The van der Waals surface area contributed by atoms with E-state index in [9.17, 15) is 19.7 Å². The van der Waals surface area contributed by atoms with E-state index in [0.29, 0.717) is 6.29 Å². The number of nitro benzene ring substituents is 1. The molecule has 6 heteroatoms. The highest BCUT2D eigenvalue weighted by Gasteiger charge is 2.13. The largest absolute Gasteiger partial charge is 0.423 e. The van der Waals surface area contributed by atoms with E-state index in [4.69, 9.17) is 4.74 Å². The summed E-state index contributed by atoms with van der Waals surface area (Å²) in [6.45, 7) is 0. The van der Waals surface area contributed by atoms with Gasteiger partial charge < -0.3 is 4.74 Å². The van der Waals surface area contributed by atoms with E-state index >= 15 is 0 Å². The van der Waals surface area contributed by atoms with Crippen molar-refractivity contribution >= 4 is 17.9 Å². The van der Waals surface area contributed by atoms with Crippen molar-refractivity contribution in [3.63, 3.8) is 0 Å². The van der Waals surface area contributed by atoms with E-state index < -0.39 is 10.9 Å². The van der Waals surface area contributed by atoms with Crippen LogP contribution in [-0.4, -0.2) is 17.2 Å². The molecule has 0 amide bonds. The number of non-ortho nitro benzene ring substituents is 1. The predicted molar refractivity (Wildman–Crippen MR) is 69.9 cm³/mol. The molecule has 20 heavy (non-hydrogen) atoms. The zero-order chi connectivity index (χ0) is 14.5. The van der Waals surface area contributed by atoms with Gasteiger partial charge in [0, 0.05) is 17.7 Å². The number of carbonyl (C=O) groups excluding carboxylic acids is 2. The first-order chi connectivity index (χ1) is 9.61. The van der Waals surface area contributed by atoms with Crippen LogP contribution >= 0.6 is 0 Å². The Hall–Kier alpha value is -3.02. The fraction of sp³-hybridized carbons (Fsp3) is 0. The van der Waals surface area contributed by atoms with E-state index in [1.165, 1.54) is 36.4 Å². The number of benzene rings is 2. The van der Waals surface area contributed by atoms with Crippen molar-refractivity contribution in [1.82, 2.24) is 0 Å². The van der Waals surface area contributed by atoms with Gasteiger partial charge in [-0.2, -0.15) is 0 Å². The number of esters is 1. The van der Waals surface area contributed by atoms with Gasteiger partial charge in [0.15, 0.2) is 6.29 Å². The molecule has 2 aromatic rings. The van der Waals surface area contributed by atoms with Crippen molar-refractivity contribution in [2.75, 3.05) is 0 Å². The molecule has 0 saturated heterocycles. The molecule has 6 nitrogen and oxygen atoms in total. The van der Waals surface area contributed by atoms with Crippen molar-refractivity contribution < 1.29 is 19.2 Å². The minimum atomic E-state index is -0.693. The smallest absolute Gasteiger partial charge is 0.344 e. The van der Waals surface area contributed by atoms with E-state index in [1.807, 2.05) is 0 Å². The average molecular weight is 271 g/mol. The topological polar surface area (TPSA) is 86.5 Å². The molecule has 2 rings (SSSR count). The molecule has 100 valence electrons. The highest BCUT2D eigenvalue weighted by molar-refractivity contribution is 5.99. The Morgan fingerprint density at radius 3 is 2.35 bits per heavy atom. The summed E-state index contributed by atoms with van der Waals surface area (Å²) >= 11 is 0. The van der Waals surface area contributed by atoms with Gasteiger partial charge in [-0.15, -0.1) is 0 Å². The summed E-state index contributed by atoms with van der Waals surface area (Å²) in [4.78, 5) is 32.7. The third-order valence-electron chi connectivity index (χ3n) is 2.57. The third kappa shape index (κ3) is 2.86. The molecular weight excluding hydrogens is 262 g/mol. The standard InChI is InChI=1S/C14H9NO5/c16-9-10-3-1-2-4-13(10)14(17)20-12-7-5-11(6-8-12)15(18)19/h1-9H. The summed E-state index contributed by atoms with van der Waals surface area (Å²) in [5.74, 6) is -0.525. The highest BCUT2D eigenvalue weighted by Crippen LogP contribution is 2.19. The average Bonchev–Trinajstić information content (AvgIpc) is 2.47. The number of ether oxygens (including phenoxy) is 1. The predicted octanol–water partition coefficient (Wildman–Crippen LogP) is 2.63. The minimum Gasteiger partial charge on any atom is -0.423 e. The Morgan fingerprint density at radius 1 is 1.10 bits per heavy atom. The molecule has 0 aliphatic heterocycles. The van der Waals surface area contributed by atoms with Crippen LogP contribution in [0, 0.1) is 10.1 Å². The molecule has 0 atom stereocenters. The van der Waals surface area contributed by atoms with Crippen molar-refractivity contribution in [3.8, 4) is 5.75 Å². The first-order valence-electron chi connectivity index (χ1n) is 5.62. The SMILES string of the molecule is O=Cc1ccccc1C(=O)Oc1ccc([N+](=O)[O-])cc1. The van der Waals surface area contributed by atoms with Crippen LogP contribution in [0.25, 0.3) is 0 Å². The monoisotopic (exact) mass is 271 g/mol. The van der Waals surface area contributed by atoms with Gasteiger partial charge in [0.2, 0.25) is 0 Å². The fourth-order valence-corrected chi connectivity index (χ4v) is 1.58. The van der Waals surface area contributed by atoms with Gasteiger partial charge in [0.25, 0.3) is 5.69 Å². The number of nitrogens with zero attached hydrogens (tertiary/aromatic N) is 1. The van der Waals surface area contributed by atoms with Crippen molar-refractivity contribution in [2.45, 2.75) is 0 Å². The summed E-state index contributed by atoms with van der Waals surface area (Å²) < 4.78 is 5.06. The van der Waals surface area contributed by atoms with Crippen LogP contribution in [0.1, 0.15) is 20.7 Å². The van der Waals surface area contributed by atoms with Crippen molar-refractivity contribution in [1.29, 1.82) is 0 Å². The maximum Gasteiger partial charge on any atom is 0.344 e. The molecule has 2 aromatic carbocycles. The molecule has 0 heterocycles. The molecule has 0 aromatic heterocycles. The molecule has 0 aliphatic rings. The van der Waals surface area contributed by atoms with Crippen LogP contribution in [0.15, 0.2) is 48.5 Å². The number of hydrogen-bond donors (Lipinski definition) is 0. The lowest BCUT2D eigenvalue weighted by Crippen LogP contribution is -2.11. The lowest BCUT2D eigenvalue weighted by Gasteiger charge is -2.05. The molecule has 0 spiro atoms. The number of carbonyl (C=O) groups is 2. The molecule has 0 radical (unpaired) electrons. The zero-order valence-electron chi connectivity index (χ0n) is 10.2. The van der Waals surface area contributed by atoms with Crippen molar-refractivity contribution in [2.24, 2.45) is 0 Å². The fourth-order valence-electron chi connectivity index (χ4n) is 1.58. The third-order valence-corrected chi connectivity index (χ3v) is 2.57. The Morgan fingerprint density at radius 2 is 1.75 bits per heavy atom. The molecule has 0 aliphatic carbocycles. The molecule has 0 unspecified atom stereocenters.